The van der Waals surface area contributed by atoms with Crippen molar-refractivity contribution in [3.05, 3.63) is 120 Å². The van der Waals surface area contributed by atoms with Crippen molar-refractivity contribution < 1.29 is 14.3 Å². The third-order valence-electron chi connectivity index (χ3n) is 5.13. The zero-order valence-corrected chi connectivity index (χ0v) is 18.5. The normalized spacial score (nSPS) is 10.5. The number of para-hydroxylation sites is 1. The molecule has 0 saturated carbocycles. The predicted molar refractivity (Wildman–Crippen MR) is 130 cm³/mol. The Kier molecular flexibility index (Phi) is 7.33. The Hall–Kier alpha value is -4.12. The molecular formula is C28H26N2O3. The molecule has 0 aliphatic heterocycles. The molecule has 1 N–H and O–H groups in total. The molecule has 0 saturated heterocycles. The highest BCUT2D eigenvalue weighted by molar-refractivity contribution is 6.05. The lowest BCUT2D eigenvalue weighted by Crippen LogP contribution is -2.14. The third-order valence-corrected chi connectivity index (χ3v) is 5.13. The summed E-state index contributed by atoms with van der Waals surface area (Å²) in [6.07, 6.45) is 4.22. The van der Waals surface area contributed by atoms with E-state index in [-0.39, 0.29) is 5.91 Å². The van der Waals surface area contributed by atoms with Gasteiger partial charge in [0, 0.05) is 29.2 Å². The Balaban J connectivity index is 1.50. The minimum atomic E-state index is -0.199. The number of ether oxygens (including phenoxy) is 2. The van der Waals surface area contributed by atoms with Crippen LogP contribution in [0.15, 0.2) is 97.3 Å². The first kappa shape index (κ1) is 22.1. The smallest absolute Gasteiger partial charge is 0.255 e. The lowest BCUT2D eigenvalue weighted by molar-refractivity contribution is 0.102. The largest absolute Gasteiger partial charge is 0.490 e. The molecule has 0 aliphatic rings. The van der Waals surface area contributed by atoms with Crippen molar-refractivity contribution in [2.24, 2.45) is 0 Å². The molecule has 4 rings (SSSR count). The van der Waals surface area contributed by atoms with Crippen LogP contribution in [0.25, 0.3) is 0 Å². The number of nitrogens with one attached hydrogen (secondary N) is 1. The summed E-state index contributed by atoms with van der Waals surface area (Å²) in [5.41, 5.74) is 4.49. The quantitative estimate of drug-likeness (QED) is 0.353. The standard InChI is InChI=1S/C28H26N2O3/c1-2-32-27-18-24(14-15-26(27)33-20-22-11-8-16-29-19-22)28(31)30-25-13-7-6-12-23(25)17-21-9-4-3-5-10-21/h3-16,18-19H,2,17,20H2,1H3,(H,30,31). The molecule has 0 aliphatic carbocycles. The van der Waals surface area contributed by atoms with Crippen molar-refractivity contribution in [1.29, 1.82) is 0 Å². The minimum absolute atomic E-state index is 0.199. The SMILES string of the molecule is CCOc1cc(C(=O)Nc2ccccc2Cc2ccccc2)ccc1OCc1cccnc1. The maximum atomic E-state index is 13.1. The topological polar surface area (TPSA) is 60.5 Å². The van der Waals surface area contributed by atoms with E-state index >= 15 is 0 Å². The second-order valence-electron chi connectivity index (χ2n) is 7.52. The highest BCUT2D eigenvalue weighted by atomic mass is 16.5. The molecule has 0 bridgehead atoms. The van der Waals surface area contributed by atoms with Gasteiger partial charge in [-0.2, -0.15) is 0 Å². The Morgan fingerprint density at radius 1 is 0.848 bits per heavy atom. The van der Waals surface area contributed by atoms with Crippen LogP contribution in [0, 0.1) is 0 Å². The van der Waals surface area contributed by atoms with Gasteiger partial charge in [-0.25, -0.2) is 0 Å². The maximum absolute atomic E-state index is 13.1. The molecule has 5 nitrogen and oxygen atoms in total. The van der Waals surface area contributed by atoms with Gasteiger partial charge in [0.1, 0.15) is 6.61 Å². The second kappa shape index (κ2) is 11.0. The fourth-order valence-electron chi connectivity index (χ4n) is 3.49. The fraction of sp³-hybridized carbons (Fsp3) is 0.143. The van der Waals surface area contributed by atoms with Crippen LogP contribution < -0.4 is 14.8 Å². The average molecular weight is 439 g/mol. The second-order valence-corrected chi connectivity index (χ2v) is 7.52. The molecule has 0 radical (unpaired) electrons. The van der Waals surface area contributed by atoms with Gasteiger partial charge in [0.25, 0.3) is 5.91 Å². The van der Waals surface area contributed by atoms with E-state index in [9.17, 15) is 4.79 Å². The summed E-state index contributed by atoms with van der Waals surface area (Å²) in [4.78, 5) is 17.2. The number of pyridine rings is 1. The van der Waals surface area contributed by atoms with Crippen LogP contribution in [0.5, 0.6) is 11.5 Å². The van der Waals surface area contributed by atoms with E-state index in [4.69, 9.17) is 9.47 Å². The van der Waals surface area contributed by atoms with Gasteiger partial charge in [0.2, 0.25) is 0 Å². The number of carbonyl (C=O) groups excluding carboxylic acids is 1. The lowest BCUT2D eigenvalue weighted by Gasteiger charge is -2.15. The number of carbonyl (C=O) groups is 1. The molecule has 166 valence electrons. The van der Waals surface area contributed by atoms with Crippen LogP contribution in [0.2, 0.25) is 0 Å². The van der Waals surface area contributed by atoms with E-state index in [1.54, 1.807) is 30.6 Å². The maximum Gasteiger partial charge on any atom is 0.255 e. The number of benzene rings is 3. The Morgan fingerprint density at radius 2 is 1.64 bits per heavy atom. The molecule has 3 aromatic carbocycles. The van der Waals surface area contributed by atoms with Crippen LogP contribution >= 0.6 is 0 Å². The van der Waals surface area contributed by atoms with Gasteiger partial charge in [-0.1, -0.05) is 54.6 Å². The zero-order valence-electron chi connectivity index (χ0n) is 18.5. The van der Waals surface area contributed by atoms with Gasteiger partial charge in [-0.05, 0) is 54.8 Å². The van der Waals surface area contributed by atoms with Crippen molar-refractivity contribution in [2.75, 3.05) is 11.9 Å². The molecule has 0 spiro atoms. The summed E-state index contributed by atoms with van der Waals surface area (Å²) in [7, 11) is 0. The van der Waals surface area contributed by atoms with Crippen molar-refractivity contribution in [1.82, 2.24) is 4.98 Å². The Bertz CT molecular complexity index is 1190. The highest BCUT2D eigenvalue weighted by Gasteiger charge is 2.14. The fourth-order valence-corrected chi connectivity index (χ4v) is 3.49. The highest BCUT2D eigenvalue weighted by Crippen LogP contribution is 2.30. The van der Waals surface area contributed by atoms with Crippen molar-refractivity contribution in [2.45, 2.75) is 20.0 Å². The van der Waals surface area contributed by atoms with Crippen LogP contribution in [0.4, 0.5) is 5.69 Å². The number of amides is 1. The van der Waals surface area contributed by atoms with Crippen molar-refractivity contribution in [3.63, 3.8) is 0 Å². The van der Waals surface area contributed by atoms with E-state index in [1.165, 1.54) is 5.56 Å². The van der Waals surface area contributed by atoms with Crippen LogP contribution in [0.1, 0.15) is 34.0 Å². The molecule has 0 unspecified atom stereocenters. The summed E-state index contributed by atoms with van der Waals surface area (Å²) in [5, 5.41) is 3.05. The molecule has 33 heavy (non-hydrogen) atoms. The monoisotopic (exact) mass is 438 g/mol. The van der Waals surface area contributed by atoms with Gasteiger partial charge in [0.05, 0.1) is 6.61 Å². The molecule has 0 fully saturated rings. The first-order valence-corrected chi connectivity index (χ1v) is 10.9. The van der Waals surface area contributed by atoms with Gasteiger partial charge in [-0.15, -0.1) is 0 Å². The summed E-state index contributed by atoms with van der Waals surface area (Å²) >= 11 is 0. The Labute approximate surface area is 194 Å². The first-order chi connectivity index (χ1) is 16.2. The van der Waals surface area contributed by atoms with Crippen molar-refractivity contribution in [3.8, 4) is 11.5 Å². The average Bonchev–Trinajstić information content (AvgIpc) is 2.86. The molecule has 1 heterocycles. The minimum Gasteiger partial charge on any atom is -0.490 e. The van der Waals surface area contributed by atoms with E-state index in [1.807, 2.05) is 61.5 Å². The summed E-state index contributed by atoms with van der Waals surface area (Å²) in [6, 6.07) is 27.1. The van der Waals surface area contributed by atoms with E-state index in [2.05, 4.69) is 22.4 Å². The van der Waals surface area contributed by atoms with E-state index in [0.29, 0.717) is 30.3 Å². The number of aromatic nitrogens is 1. The van der Waals surface area contributed by atoms with Crippen LogP contribution in [0.3, 0.4) is 0 Å². The van der Waals surface area contributed by atoms with Gasteiger partial charge in [-0.3, -0.25) is 9.78 Å². The predicted octanol–water partition coefficient (Wildman–Crippen LogP) is 5.90. The Morgan fingerprint density at radius 3 is 2.42 bits per heavy atom. The van der Waals surface area contributed by atoms with E-state index < -0.39 is 0 Å². The zero-order chi connectivity index (χ0) is 22.9. The van der Waals surface area contributed by atoms with Crippen LogP contribution in [-0.2, 0) is 13.0 Å². The number of hydrogen-bond donors (Lipinski definition) is 1. The summed E-state index contributed by atoms with van der Waals surface area (Å²) in [5.74, 6) is 0.920. The first-order valence-electron chi connectivity index (χ1n) is 10.9. The number of rotatable bonds is 9. The van der Waals surface area contributed by atoms with Crippen LogP contribution in [-0.4, -0.2) is 17.5 Å². The van der Waals surface area contributed by atoms with E-state index in [0.717, 1.165) is 23.2 Å². The third kappa shape index (κ3) is 5.98. The lowest BCUT2D eigenvalue weighted by atomic mass is 10.0. The van der Waals surface area contributed by atoms with Crippen molar-refractivity contribution >= 4 is 11.6 Å². The molecule has 0 atom stereocenters. The molecule has 1 amide bonds. The number of hydrogen-bond acceptors (Lipinski definition) is 4. The number of anilines is 1. The molecule has 5 heteroatoms. The van der Waals surface area contributed by atoms with Gasteiger partial charge in [0.15, 0.2) is 11.5 Å². The number of nitrogens with zero attached hydrogens (tertiary/aromatic N) is 1. The molecular weight excluding hydrogens is 412 g/mol. The van der Waals surface area contributed by atoms with Gasteiger partial charge >= 0.3 is 0 Å². The van der Waals surface area contributed by atoms with Gasteiger partial charge < -0.3 is 14.8 Å². The summed E-state index contributed by atoms with van der Waals surface area (Å²) < 4.78 is 11.7. The molecule has 4 aromatic rings. The molecule has 1 aromatic heterocycles. The summed E-state index contributed by atoms with van der Waals surface area (Å²) in [6.45, 7) is 2.73.